The van der Waals surface area contributed by atoms with Crippen molar-refractivity contribution < 1.29 is 4.74 Å². The molecule has 100 valence electrons. The predicted molar refractivity (Wildman–Crippen MR) is 74.8 cm³/mol. The highest BCUT2D eigenvalue weighted by atomic mass is 35.5. The van der Waals surface area contributed by atoms with Crippen molar-refractivity contribution in [1.29, 1.82) is 0 Å². The van der Waals surface area contributed by atoms with Crippen molar-refractivity contribution in [1.82, 2.24) is 5.32 Å². The van der Waals surface area contributed by atoms with Crippen LogP contribution in [0, 0.1) is 0 Å². The number of benzene rings is 1. The molecule has 1 aromatic rings. The van der Waals surface area contributed by atoms with Gasteiger partial charge in [0.05, 0.1) is 5.60 Å². The Morgan fingerprint density at radius 2 is 2.28 bits per heavy atom. The van der Waals surface area contributed by atoms with Gasteiger partial charge in [0.25, 0.3) is 0 Å². The summed E-state index contributed by atoms with van der Waals surface area (Å²) in [5.74, 6) is 0. The second-order valence-electron chi connectivity index (χ2n) is 5.09. The van der Waals surface area contributed by atoms with Gasteiger partial charge in [0, 0.05) is 30.8 Å². The van der Waals surface area contributed by atoms with Crippen LogP contribution in [0.5, 0.6) is 0 Å². The standard InChI is InChI=1S/C14H21ClN2O/c1-14(7-4-8-18-14)10-17-13(9-16)11-5-2-3-6-12(11)15/h2-3,5-6,13,17H,4,7-10,16H2,1H3. The number of ether oxygens (including phenoxy) is 1. The topological polar surface area (TPSA) is 47.3 Å². The quantitative estimate of drug-likeness (QED) is 0.863. The molecule has 0 amide bonds. The Hall–Kier alpha value is -0.610. The van der Waals surface area contributed by atoms with E-state index in [2.05, 4.69) is 12.2 Å². The van der Waals surface area contributed by atoms with Gasteiger partial charge in [-0.25, -0.2) is 0 Å². The molecule has 1 heterocycles. The zero-order chi connectivity index (χ0) is 13.0. The molecule has 1 saturated heterocycles. The van der Waals surface area contributed by atoms with Crippen LogP contribution >= 0.6 is 11.6 Å². The highest BCUT2D eigenvalue weighted by molar-refractivity contribution is 6.31. The first-order valence-corrected chi connectivity index (χ1v) is 6.84. The molecule has 0 bridgehead atoms. The van der Waals surface area contributed by atoms with Crippen LogP contribution in [0.25, 0.3) is 0 Å². The summed E-state index contributed by atoms with van der Waals surface area (Å²) < 4.78 is 5.77. The average molecular weight is 269 g/mol. The minimum Gasteiger partial charge on any atom is -0.374 e. The van der Waals surface area contributed by atoms with E-state index in [1.165, 1.54) is 0 Å². The van der Waals surface area contributed by atoms with E-state index in [4.69, 9.17) is 22.1 Å². The van der Waals surface area contributed by atoms with Crippen molar-refractivity contribution >= 4 is 11.6 Å². The van der Waals surface area contributed by atoms with Gasteiger partial charge in [-0.2, -0.15) is 0 Å². The summed E-state index contributed by atoms with van der Waals surface area (Å²) in [6.45, 7) is 4.34. The smallest absolute Gasteiger partial charge is 0.0779 e. The van der Waals surface area contributed by atoms with Gasteiger partial charge in [-0.05, 0) is 31.4 Å². The van der Waals surface area contributed by atoms with Gasteiger partial charge >= 0.3 is 0 Å². The SMILES string of the molecule is CC1(CNC(CN)c2ccccc2Cl)CCCO1. The molecule has 1 aliphatic rings. The molecular weight excluding hydrogens is 248 g/mol. The first kappa shape index (κ1) is 13.8. The maximum atomic E-state index is 6.20. The molecule has 3 nitrogen and oxygen atoms in total. The van der Waals surface area contributed by atoms with E-state index in [0.29, 0.717) is 6.54 Å². The van der Waals surface area contributed by atoms with Gasteiger partial charge in [0.1, 0.15) is 0 Å². The Bertz CT molecular complexity index is 391. The van der Waals surface area contributed by atoms with E-state index >= 15 is 0 Å². The molecule has 1 aliphatic heterocycles. The third-order valence-electron chi connectivity index (χ3n) is 3.54. The van der Waals surface area contributed by atoms with Gasteiger partial charge in [-0.1, -0.05) is 29.8 Å². The van der Waals surface area contributed by atoms with Crippen LogP contribution in [0.4, 0.5) is 0 Å². The Morgan fingerprint density at radius 1 is 1.50 bits per heavy atom. The lowest BCUT2D eigenvalue weighted by Crippen LogP contribution is -2.41. The number of nitrogens with two attached hydrogens (primary N) is 1. The zero-order valence-corrected chi connectivity index (χ0v) is 11.5. The minimum atomic E-state index is -0.0608. The Morgan fingerprint density at radius 3 is 2.89 bits per heavy atom. The second kappa shape index (κ2) is 6.02. The predicted octanol–water partition coefficient (Wildman–Crippen LogP) is 2.50. The van der Waals surface area contributed by atoms with Crippen LogP contribution in [0.3, 0.4) is 0 Å². The summed E-state index contributed by atoms with van der Waals surface area (Å²) >= 11 is 6.20. The van der Waals surface area contributed by atoms with Crippen molar-refractivity contribution in [3.05, 3.63) is 34.9 Å². The maximum Gasteiger partial charge on any atom is 0.0779 e. The summed E-state index contributed by atoms with van der Waals surface area (Å²) in [7, 11) is 0. The second-order valence-corrected chi connectivity index (χ2v) is 5.50. The largest absolute Gasteiger partial charge is 0.374 e. The van der Waals surface area contributed by atoms with E-state index in [1.54, 1.807) is 0 Å². The molecule has 0 radical (unpaired) electrons. The van der Waals surface area contributed by atoms with Gasteiger partial charge < -0.3 is 15.8 Å². The lowest BCUT2D eigenvalue weighted by molar-refractivity contribution is 0.0189. The summed E-state index contributed by atoms with van der Waals surface area (Å²) in [5, 5.41) is 4.24. The number of halogens is 1. The van der Waals surface area contributed by atoms with Crippen molar-refractivity contribution in [3.8, 4) is 0 Å². The van der Waals surface area contributed by atoms with E-state index in [-0.39, 0.29) is 11.6 Å². The fraction of sp³-hybridized carbons (Fsp3) is 0.571. The first-order chi connectivity index (χ1) is 8.64. The molecule has 3 N–H and O–H groups in total. The number of hydrogen-bond acceptors (Lipinski definition) is 3. The molecule has 2 unspecified atom stereocenters. The molecule has 4 heteroatoms. The molecule has 0 aliphatic carbocycles. The van der Waals surface area contributed by atoms with E-state index in [0.717, 1.165) is 36.6 Å². The molecule has 1 fully saturated rings. The van der Waals surface area contributed by atoms with Crippen molar-refractivity contribution in [3.63, 3.8) is 0 Å². The van der Waals surface area contributed by atoms with Crippen LogP contribution < -0.4 is 11.1 Å². The summed E-state index contributed by atoms with van der Waals surface area (Å²) in [4.78, 5) is 0. The van der Waals surface area contributed by atoms with E-state index in [9.17, 15) is 0 Å². The van der Waals surface area contributed by atoms with Gasteiger partial charge in [-0.3, -0.25) is 0 Å². The van der Waals surface area contributed by atoms with Gasteiger partial charge in [0.15, 0.2) is 0 Å². The molecule has 0 spiro atoms. The van der Waals surface area contributed by atoms with Crippen LogP contribution in [-0.2, 0) is 4.74 Å². The van der Waals surface area contributed by atoms with Crippen LogP contribution in [-0.4, -0.2) is 25.3 Å². The minimum absolute atomic E-state index is 0.0608. The van der Waals surface area contributed by atoms with E-state index < -0.39 is 0 Å². The van der Waals surface area contributed by atoms with Crippen molar-refractivity contribution in [2.45, 2.75) is 31.4 Å². The average Bonchev–Trinajstić information content (AvgIpc) is 2.79. The monoisotopic (exact) mass is 268 g/mol. The lowest BCUT2D eigenvalue weighted by atomic mass is 10.0. The fourth-order valence-corrected chi connectivity index (χ4v) is 2.66. The van der Waals surface area contributed by atoms with Crippen molar-refractivity contribution in [2.24, 2.45) is 5.73 Å². The maximum absolute atomic E-state index is 6.20. The highest BCUT2D eigenvalue weighted by Gasteiger charge is 2.30. The van der Waals surface area contributed by atoms with Crippen molar-refractivity contribution in [2.75, 3.05) is 19.7 Å². The van der Waals surface area contributed by atoms with Crippen LogP contribution in [0.2, 0.25) is 5.02 Å². The summed E-state index contributed by atoms with van der Waals surface area (Å²) in [6, 6.07) is 7.92. The number of hydrogen-bond donors (Lipinski definition) is 2. The lowest BCUT2D eigenvalue weighted by Gasteiger charge is -2.27. The molecule has 0 aromatic heterocycles. The molecule has 2 atom stereocenters. The molecular formula is C14H21ClN2O. The number of rotatable bonds is 5. The van der Waals surface area contributed by atoms with Crippen LogP contribution in [0.1, 0.15) is 31.4 Å². The third-order valence-corrected chi connectivity index (χ3v) is 3.88. The Labute approximate surface area is 114 Å². The molecule has 0 saturated carbocycles. The Kier molecular flexibility index (Phi) is 4.62. The first-order valence-electron chi connectivity index (χ1n) is 6.46. The highest BCUT2D eigenvalue weighted by Crippen LogP contribution is 2.26. The molecule has 18 heavy (non-hydrogen) atoms. The van der Waals surface area contributed by atoms with E-state index in [1.807, 2.05) is 24.3 Å². The summed E-state index contributed by atoms with van der Waals surface area (Å²) in [6.07, 6.45) is 2.23. The van der Waals surface area contributed by atoms with Crippen LogP contribution in [0.15, 0.2) is 24.3 Å². The fourth-order valence-electron chi connectivity index (χ4n) is 2.39. The summed E-state index contributed by atoms with van der Waals surface area (Å²) in [5.41, 5.74) is 6.84. The normalized spacial score (nSPS) is 25.3. The van der Waals surface area contributed by atoms with Gasteiger partial charge in [-0.15, -0.1) is 0 Å². The molecule has 2 rings (SSSR count). The zero-order valence-electron chi connectivity index (χ0n) is 10.8. The third kappa shape index (κ3) is 3.23. The molecule has 1 aromatic carbocycles. The van der Waals surface area contributed by atoms with Gasteiger partial charge in [0.2, 0.25) is 0 Å². The number of nitrogens with one attached hydrogen (secondary N) is 1. The Balaban J connectivity index is 1.99.